The molecule has 156 valence electrons. The third-order valence-corrected chi connectivity index (χ3v) is 7.10. The molecule has 0 bridgehead atoms. The van der Waals surface area contributed by atoms with Gasteiger partial charge in [0.15, 0.2) is 4.21 Å². The highest BCUT2D eigenvalue weighted by molar-refractivity contribution is 7.89. The van der Waals surface area contributed by atoms with Gasteiger partial charge in [0.1, 0.15) is 0 Å². The summed E-state index contributed by atoms with van der Waals surface area (Å²) >= 11 is 1.04. The number of primary amides is 1. The van der Waals surface area contributed by atoms with Crippen molar-refractivity contribution in [3.05, 3.63) is 59.0 Å². The summed E-state index contributed by atoms with van der Waals surface area (Å²) in [5.41, 5.74) is 7.04. The molecule has 2 aromatic heterocycles. The number of nitrogens with two attached hydrogens (primary N) is 1. The topological polar surface area (TPSA) is 128 Å². The Kier molecular flexibility index (Phi) is 6.24. The lowest BCUT2D eigenvalue weighted by Gasteiger charge is -2.09. The Bertz CT molecular complexity index is 1210. The van der Waals surface area contributed by atoms with E-state index in [1.165, 1.54) is 0 Å². The van der Waals surface area contributed by atoms with Gasteiger partial charge in [-0.1, -0.05) is 26.0 Å². The summed E-state index contributed by atoms with van der Waals surface area (Å²) in [6.45, 7) is 4.50. The Balaban J connectivity index is 2.08. The number of nitrogens with zero attached hydrogens (tertiary/aromatic N) is 3. The third-order valence-electron chi connectivity index (χ3n) is 4.23. The summed E-state index contributed by atoms with van der Waals surface area (Å²) in [5.74, 6) is 0.302. The number of thiophene rings is 1. The maximum absolute atomic E-state index is 12.6. The van der Waals surface area contributed by atoms with Crippen molar-refractivity contribution in [3.8, 4) is 17.2 Å². The van der Waals surface area contributed by atoms with Crippen molar-refractivity contribution in [2.75, 3.05) is 0 Å². The van der Waals surface area contributed by atoms with E-state index >= 15 is 0 Å². The molecule has 10 heteroatoms. The fraction of sp³-hybridized carbons (Fsp3) is 0.250. The molecule has 0 saturated carbocycles. The minimum Gasteiger partial charge on any atom is -0.334 e. The average Bonchev–Trinajstić information content (AvgIpc) is 3.30. The smallest absolute Gasteiger partial charge is 0.334 e. The summed E-state index contributed by atoms with van der Waals surface area (Å²) in [5, 5.41) is 9.61. The molecule has 2 N–H and O–H groups in total. The van der Waals surface area contributed by atoms with Crippen LogP contribution in [-0.2, 0) is 27.3 Å². The van der Waals surface area contributed by atoms with Crippen molar-refractivity contribution in [1.29, 1.82) is 5.26 Å². The zero-order valence-electron chi connectivity index (χ0n) is 16.4. The lowest BCUT2D eigenvalue weighted by Crippen LogP contribution is -2.18. The molecule has 0 radical (unpaired) electrons. The first-order chi connectivity index (χ1) is 14.2. The van der Waals surface area contributed by atoms with Crippen LogP contribution in [0.25, 0.3) is 11.1 Å². The average molecular weight is 445 g/mol. The number of nitriles is 1. The molecule has 0 aliphatic heterocycles. The number of hydrogen-bond acceptors (Lipinski definition) is 7. The van der Waals surface area contributed by atoms with Crippen LogP contribution in [0.4, 0.5) is 4.79 Å². The largest absolute Gasteiger partial charge is 0.420 e. The van der Waals surface area contributed by atoms with Crippen LogP contribution in [0.2, 0.25) is 0 Å². The fourth-order valence-electron chi connectivity index (χ4n) is 3.02. The molecule has 1 aromatic carbocycles. The highest BCUT2D eigenvalue weighted by atomic mass is 32.3. The lowest BCUT2D eigenvalue weighted by atomic mass is 10.0. The van der Waals surface area contributed by atoms with Crippen molar-refractivity contribution in [3.63, 3.8) is 0 Å². The molecule has 3 rings (SSSR count). The number of carbonyl (C=O) groups excluding carboxylic acids is 1. The lowest BCUT2D eigenvalue weighted by molar-refractivity contribution is 0.213. The number of hydrogen-bond donors (Lipinski definition) is 1. The van der Waals surface area contributed by atoms with Crippen LogP contribution in [0.15, 0.2) is 47.2 Å². The summed E-state index contributed by atoms with van der Waals surface area (Å²) in [4.78, 5) is 15.9. The first kappa shape index (κ1) is 21.5. The second-order valence-corrected chi connectivity index (χ2v) is 9.97. The third kappa shape index (κ3) is 4.87. The predicted octanol–water partition coefficient (Wildman–Crippen LogP) is 3.51. The van der Waals surface area contributed by atoms with Crippen molar-refractivity contribution in [1.82, 2.24) is 9.55 Å². The first-order valence-corrected chi connectivity index (χ1v) is 11.3. The Hall–Kier alpha value is -3.16. The molecule has 0 aliphatic rings. The Labute approximate surface area is 178 Å². The molecule has 2 heterocycles. The van der Waals surface area contributed by atoms with E-state index in [0.29, 0.717) is 35.6 Å². The minimum absolute atomic E-state index is 0.108. The van der Waals surface area contributed by atoms with Gasteiger partial charge in [-0.15, -0.1) is 11.3 Å². The molecule has 0 spiro atoms. The van der Waals surface area contributed by atoms with Gasteiger partial charge < -0.3 is 14.5 Å². The summed E-state index contributed by atoms with van der Waals surface area (Å²) in [6, 6.07) is 9.08. The Morgan fingerprint density at radius 1 is 1.37 bits per heavy atom. The number of benzene rings is 1. The van der Waals surface area contributed by atoms with E-state index in [9.17, 15) is 18.5 Å². The Morgan fingerprint density at radius 3 is 2.73 bits per heavy atom. The van der Waals surface area contributed by atoms with Gasteiger partial charge in [0.25, 0.3) is 0 Å². The number of imidazole rings is 1. The van der Waals surface area contributed by atoms with Gasteiger partial charge >= 0.3 is 16.2 Å². The van der Waals surface area contributed by atoms with Crippen molar-refractivity contribution < 1.29 is 17.4 Å². The van der Waals surface area contributed by atoms with Gasteiger partial charge in [-0.05, 0) is 35.6 Å². The van der Waals surface area contributed by atoms with E-state index in [4.69, 9.17) is 5.73 Å². The number of amides is 1. The van der Waals surface area contributed by atoms with E-state index in [1.807, 2.05) is 18.4 Å². The molecule has 3 aromatic rings. The van der Waals surface area contributed by atoms with Crippen LogP contribution in [0.5, 0.6) is 0 Å². The van der Waals surface area contributed by atoms with Gasteiger partial charge in [-0.2, -0.15) is 13.7 Å². The fourth-order valence-corrected chi connectivity index (χ4v) is 5.71. The Morgan fingerprint density at radius 2 is 2.13 bits per heavy atom. The second-order valence-electron chi connectivity index (χ2n) is 7.09. The van der Waals surface area contributed by atoms with Crippen LogP contribution >= 0.6 is 11.3 Å². The first-order valence-electron chi connectivity index (χ1n) is 9.05. The molecule has 1 amide bonds. The number of rotatable bonds is 7. The molecule has 0 unspecified atom stereocenters. The highest BCUT2D eigenvalue weighted by Gasteiger charge is 2.27. The molecule has 30 heavy (non-hydrogen) atoms. The molecule has 8 nitrogen and oxygen atoms in total. The van der Waals surface area contributed by atoms with E-state index in [1.54, 1.807) is 43.0 Å². The molecule has 0 saturated heterocycles. The monoisotopic (exact) mass is 444 g/mol. The van der Waals surface area contributed by atoms with Gasteiger partial charge in [0.2, 0.25) is 0 Å². The molecule has 0 aliphatic carbocycles. The predicted molar refractivity (Wildman–Crippen MR) is 112 cm³/mol. The number of carbonyl (C=O) groups is 1. The van der Waals surface area contributed by atoms with Crippen LogP contribution in [0, 0.1) is 17.2 Å². The molecule has 0 atom stereocenters. The van der Waals surface area contributed by atoms with Crippen LogP contribution in [0.1, 0.15) is 29.9 Å². The molecular weight excluding hydrogens is 424 g/mol. The van der Waals surface area contributed by atoms with Gasteiger partial charge in [-0.25, -0.2) is 9.78 Å². The van der Waals surface area contributed by atoms with Crippen LogP contribution < -0.4 is 5.73 Å². The molecular formula is C20H20N4O4S2. The number of aromatic nitrogens is 2. The zero-order chi connectivity index (χ0) is 21.9. The second kappa shape index (κ2) is 8.69. The highest BCUT2D eigenvalue weighted by Crippen LogP contribution is 2.38. The quantitative estimate of drug-likeness (QED) is 0.555. The summed E-state index contributed by atoms with van der Waals surface area (Å²) < 4.78 is 31.3. The van der Waals surface area contributed by atoms with E-state index in [-0.39, 0.29) is 4.21 Å². The van der Waals surface area contributed by atoms with E-state index in [0.717, 1.165) is 21.8 Å². The van der Waals surface area contributed by atoms with Gasteiger partial charge in [0.05, 0.1) is 18.0 Å². The van der Waals surface area contributed by atoms with Gasteiger partial charge in [0, 0.05) is 29.4 Å². The maximum atomic E-state index is 12.6. The maximum Gasteiger partial charge on any atom is 0.420 e. The summed E-state index contributed by atoms with van der Waals surface area (Å²) in [7, 11) is -4.38. The van der Waals surface area contributed by atoms with Crippen molar-refractivity contribution in [2.24, 2.45) is 11.7 Å². The normalized spacial score (nSPS) is 11.4. The van der Waals surface area contributed by atoms with Crippen molar-refractivity contribution >= 4 is 27.5 Å². The summed E-state index contributed by atoms with van der Waals surface area (Å²) in [6.07, 6.45) is 4.36. The van der Waals surface area contributed by atoms with E-state index in [2.05, 4.69) is 15.2 Å². The SMILES string of the molecule is CC(C)Cc1cc(-c2ccc(Cn3ccnc3)c(C#N)c2)c(S(=O)(=O)OC(N)=O)s1. The molecule has 0 fully saturated rings. The zero-order valence-corrected chi connectivity index (χ0v) is 18.0. The van der Waals surface area contributed by atoms with E-state index < -0.39 is 16.2 Å². The van der Waals surface area contributed by atoms with Crippen LogP contribution in [0.3, 0.4) is 0 Å². The van der Waals surface area contributed by atoms with Crippen molar-refractivity contribution in [2.45, 2.75) is 31.0 Å². The minimum atomic E-state index is -4.38. The van der Waals surface area contributed by atoms with Gasteiger partial charge in [-0.3, -0.25) is 0 Å². The standard InChI is InChI=1S/C20H20N4O4S2/c1-13(2)7-17-9-18(19(29-17)30(26,27)28-20(22)25)14-3-4-15(16(8-14)10-21)11-24-6-5-23-12-24/h3-6,8-9,12-13H,7,11H2,1-2H3,(H2,22,25). The van der Waals surface area contributed by atoms with Crippen LogP contribution in [-0.4, -0.2) is 24.1 Å².